The highest BCUT2D eigenvalue weighted by molar-refractivity contribution is 7.98. The molecule has 0 radical (unpaired) electrons. The molecule has 4 nitrogen and oxygen atoms in total. The normalized spacial score (nSPS) is 12.3. The van der Waals surface area contributed by atoms with Gasteiger partial charge in [-0.15, -0.1) is 0 Å². The van der Waals surface area contributed by atoms with Gasteiger partial charge in [-0.05, 0) is 30.4 Å². The maximum Gasteiger partial charge on any atom is 0.328 e. The molecule has 1 rings (SSSR count). The molecule has 5 heteroatoms. The van der Waals surface area contributed by atoms with Crippen molar-refractivity contribution in [1.82, 2.24) is 5.32 Å². The molecule has 2 N–H and O–H groups in total. The molecule has 1 amide bonds. The summed E-state index contributed by atoms with van der Waals surface area (Å²) in [5.41, 5.74) is 1.81. The molecular weight excluding hydrogens is 274 g/mol. The summed E-state index contributed by atoms with van der Waals surface area (Å²) in [5, 5.41) is 11.5. The van der Waals surface area contributed by atoms with E-state index in [0.29, 0.717) is 6.42 Å². The van der Waals surface area contributed by atoms with E-state index < -0.39 is 5.97 Å². The van der Waals surface area contributed by atoms with Gasteiger partial charge in [0.05, 0.1) is 6.04 Å². The fourth-order valence-corrected chi connectivity index (χ4v) is 2.04. The highest BCUT2D eigenvalue weighted by Crippen LogP contribution is 2.14. The fraction of sp³-hybridized carbons (Fsp3) is 0.333. The van der Waals surface area contributed by atoms with Crippen LogP contribution in [0.2, 0.25) is 0 Å². The second kappa shape index (κ2) is 8.43. The van der Waals surface area contributed by atoms with E-state index in [1.807, 2.05) is 37.4 Å². The van der Waals surface area contributed by atoms with Gasteiger partial charge in [-0.25, -0.2) is 4.79 Å². The van der Waals surface area contributed by atoms with E-state index in [-0.39, 0.29) is 11.9 Å². The quantitative estimate of drug-likeness (QED) is 0.759. The molecule has 0 saturated heterocycles. The van der Waals surface area contributed by atoms with Crippen LogP contribution in [0.4, 0.5) is 0 Å². The molecule has 0 heterocycles. The van der Waals surface area contributed by atoms with Crippen LogP contribution in [-0.4, -0.2) is 29.0 Å². The second-order valence-electron chi connectivity index (χ2n) is 4.37. The Morgan fingerprint density at radius 1 is 1.35 bits per heavy atom. The standard InChI is InChI=1S/C15H19NO3S/c1-11(16-14(17)9-10-20-2)13-6-3-12(4-7-13)5-8-15(18)19/h3-8,11H,9-10H2,1-2H3,(H,16,17)(H,18,19). The molecule has 0 bridgehead atoms. The van der Waals surface area contributed by atoms with Gasteiger partial charge >= 0.3 is 5.97 Å². The van der Waals surface area contributed by atoms with Crippen LogP contribution in [0.3, 0.4) is 0 Å². The van der Waals surface area contributed by atoms with Crippen molar-refractivity contribution >= 4 is 29.7 Å². The number of carbonyl (C=O) groups excluding carboxylic acids is 1. The van der Waals surface area contributed by atoms with Crippen molar-refractivity contribution in [2.75, 3.05) is 12.0 Å². The van der Waals surface area contributed by atoms with E-state index in [1.54, 1.807) is 11.8 Å². The zero-order chi connectivity index (χ0) is 15.0. The molecule has 0 aromatic heterocycles. The maximum absolute atomic E-state index is 11.6. The summed E-state index contributed by atoms with van der Waals surface area (Å²) < 4.78 is 0. The van der Waals surface area contributed by atoms with Crippen molar-refractivity contribution in [3.05, 3.63) is 41.5 Å². The Morgan fingerprint density at radius 3 is 2.55 bits per heavy atom. The lowest BCUT2D eigenvalue weighted by Gasteiger charge is -2.14. The van der Waals surface area contributed by atoms with Crippen LogP contribution in [0, 0.1) is 0 Å². The first-order chi connectivity index (χ1) is 9.52. The number of thioether (sulfide) groups is 1. The summed E-state index contributed by atoms with van der Waals surface area (Å²) in [5.74, 6) is -0.109. The first-order valence-electron chi connectivity index (χ1n) is 6.32. The van der Waals surface area contributed by atoms with E-state index in [4.69, 9.17) is 5.11 Å². The first kappa shape index (κ1) is 16.3. The number of nitrogens with one attached hydrogen (secondary N) is 1. The number of carboxylic acid groups (broad SMARTS) is 1. The number of carbonyl (C=O) groups is 2. The average Bonchev–Trinajstić information content (AvgIpc) is 2.43. The predicted octanol–water partition coefficient (Wildman–Crippen LogP) is 2.71. The third kappa shape index (κ3) is 5.93. The molecular formula is C15H19NO3S. The van der Waals surface area contributed by atoms with Crippen molar-refractivity contribution < 1.29 is 14.7 Å². The van der Waals surface area contributed by atoms with Crippen molar-refractivity contribution in [3.63, 3.8) is 0 Å². The van der Waals surface area contributed by atoms with Gasteiger partial charge in [-0.3, -0.25) is 4.79 Å². The number of carboxylic acids is 1. The summed E-state index contributed by atoms with van der Waals surface area (Å²) in [7, 11) is 0. The lowest BCUT2D eigenvalue weighted by molar-refractivity contribution is -0.131. The summed E-state index contributed by atoms with van der Waals surface area (Å²) in [4.78, 5) is 22.0. The van der Waals surface area contributed by atoms with Gasteiger partial charge in [0.25, 0.3) is 0 Å². The summed E-state index contributed by atoms with van der Waals surface area (Å²) in [6, 6.07) is 7.39. The number of amides is 1. The third-order valence-corrected chi connectivity index (χ3v) is 3.38. The fourth-order valence-electron chi connectivity index (χ4n) is 1.66. The minimum Gasteiger partial charge on any atom is -0.478 e. The SMILES string of the molecule is CSCCC(=O)NC(C)c1ccc(C=CC(=O)O)cc1. The van der Waals surface area contributed by atoms with E-state index in [0.717, 1.165) is 23.0 Å². The van der Waals surface area contributed by atoms with E-state index in [1.165, 1.54) is 6.08 Å². The molecule has 0 saturated carbocycles. The highest BCUT2D eigenvalue weighted by Gasteiger charge is 2.08. The van der Waals surface area contributed by atoms with Gasteiger partial charge in [0.15, 0.2) is 0 Å². The van der Waals surface area contributed by atoms with Crippen LogP contribution in [0.1, 0.15) is 30.5 Å². The Kier molecular flexibility index (Phi) is 6.87. The summed E-state index contributed by atoms with van der Waals surface area (Å²) in [6.45, 7) is 1.93. The number of hydrogen-bond acceptors (Lipinski definition) is 3. The molecule has 0 aliphatic rings. The van der Waals surface area contributed by atoms with Gasteiger partial charge in [0.1, 0.15) is 0 Å². The Labute approximate surface area is 123 Å². The zero-order valence-corrected chi connectivity index (χ0v) is 12.4. The predicted molar refractivity (Wildman–Crippen MR) is 82.7 cm³/mol. The zero-order valence-electron chi connectivity index (χ0n) is 11.6. The minimum atomic E-state index is -0.969. The van der Waals surface area contributed by atoms with Gasteiger partial charge in [0, 0.05) is 18.2 Å². The molecule has 1 aromatic carbocycles. The lowest BCUT2D eigenvalue weighted by atomic mass is 10.1. The van der Waals surface area contributed by atoms with Crippen molar-refractivity contribution in [3.8, 4) is 0 Å². The van der Waals surface area contributed by atoms with Crippen LogP contribution >= 0.6 is 11.8 Å². The Morgan fingerprint density at radius 2 is 2.00 bits per heavy atom. The Balaban J connectivity index is 2.59. The lowest BCUT2D eigenvalue weighted by Crippen LogP contribution is -2.26. The molecule has 108 valence electrons. The molecule has 20 heavy (non-hydrogen) atoms. The largest absolute Gasteiger partial charge is 0.478 e. The number of hydrogen-bond donors (Lipinski definition) is 2. The molecule has 0 fully saturated rings. The molecule has 0 spiro atoms. The monoisotopic (exact) mass is 293 g/mol. The molecule has 1 atom stereocenters. The maximum atomic E-state index is 11.6. The van der Waals surface area contributed by atoms with Gasteiger partial charge in [-0.2, -0.15) is 11.8 Å². The summed E-state index contributed by atoms with van der Waals surface area (Å²) >= 11 is 1.65. The molecule has 0 aliphatic carbocycles. The molecule has 1 unspecified atom stereocenters. The molecule has 0 aliphatic heterocycles. The number of rotatable bonds is 7. The Hall–Kier alpha value is -1.75. The topological polar surface area (TPSA) is 66.4 Å². The first-order valence-corrected chi connectivity index (χ1v) is 7.71. The highest BCUT2D eigenvalue weighted by atomic mass is 32.2. The number of aliphatic carboxylic acids is 1. The van der Waals surface area contributed by atoms with Crippen LogP contribution in [-0.2, 0) is 9.59 Å². The second-order valence-corrected chi connectivity index (χ2v) is 5.36. The van der Waals surface area contributed by atoms with Gasteiger partial charge < -0.3 is 10.4 Å². The van der Waals surface area contributed by atoms with Gasteiger partial charge in [0.2, 0.25) is 5.91 Å². The summed E-state index contributed by atoms with van der Waals surface area (Å²) in [6.07, 6.45) is 5.13. The van der Waals surface area contributed by atoms with Crippen molar-refractivity contribution in [2.24, 2.45) is 0 Å². The molecule has 1 aromatic rings. The van der Waals surface area contributed by atoms with E-state index in [9.17, 15) is 9.59 Å². The van der Waals surface area contributed by atoms with Gasteiger partial charge in [-0.1, -0.05) is 24.3 Å². The Bertz CT molecular complexity index is 482. The van der Waals surface area contributed by atoms with Crippen molar-refractivity contribution in [1.29, 1.82) is 0 Å². The van der Waals surface area contributed by atoms with Crippen LogP contribution in [0.5, 0.6) is 0 Å². The van der Waals surface area contributed by atoms with Crippen molar-refractivity contribution in [2.45, 2.75) is 19.4 Å². The smallest absolute Gasteiger partial charge is 0.328 e. The van der Waals surface area contributed by atoms with E-state index in [2.05, 4.69) is 5.32 Å². The van der Waals surface area contributed by atoms with E-state index >= 15 is 0 Å². The minimum absolute atomic E-state index is 0.0432. The third-order valence-electron chi connectivity index (χ3n) is 2.77. The average molecular weight is 293 g/mol. The van der Waals surface area contributed by atoms with Crippen LogP contribution in [0.25, 0.3) is 6.08 Å². The van der Waals surface area contributed by atoms with Crippen LogP contribution in [0.15, 0.2) is 30.3 Å². The van der Waals surface area contributed by atoms with Crippen LogP contribution < -0.4 is 5.32 Å². The number of benzene rings is 1.